The SMILES string of the molecule is CCCCOCCNC(=NCCCOCCOC)Nc1ccc(OC(C)C)cc1. The zero-order chi connectivity index (χ0) is 21.2. The molecule has 1 rings (SSSR count). The van der Waals surface area contributed by atoms with Gasteiger partial charge in [-0.2, -0.15) is 0 Å². The van der Waals surface area contributed by atoms with Crippen LogP contribution < -0.4 is 15.4 Å². The largest absolute Gasteiger partial charge is 0.491 e. The quantitative estimate of drug-likeness (QED) is 0.246. The lowest BCUT2D eigenvalue weighted by atomic mass is 10.3. The monoisotopic (exact) mass is 409 g/mol. The Kier molecular flexibility index (Phi) is 14.8. The number of methoxy groups -OCH3 is 1. The summed E-state index contributed by atoms with van der Waals surface area (Å²) in [4.78, 5) is 4.64. The number of hydrogen-bond acceptors (Lipinski definition) is 5. The number of rotatable bonds is 16. The average Bonchev–Trinajstić information content (AvgIpc) is 2.70. The first-order valence-electron chi connectivity index (χ1n) is 10.6. The Labute approximate surface area is 176 Å². The van der Waals surface area contributed by atoms with Gasteiger partial charge in [0.15, 0.2) is 5.96 Å². The number of benzene rings is 1. The van der Waals surface area contributed by atoms with Crippen molar-refractivity contribution in [1.29, 1.82) is 0 Å². The van der Waals surface area contributed by atoms with Gasteiger partial charge in [0, 0.05) is 39.1 Å². The molecule has 29 heavy (non-hydrogen) atoms. The highest BCUT2D eigenvalue weighted by molar-refractivity contribution is 5.93. The van der Waals surface area contributed by atoms with Crippen molar-refractivity contribution in [3.63, 3.8) is 0 Å². The van der Waals surface area contributed by atoms with Gasteiger partial charge in [-0.1, -0.05) is 13.3 Å². The maximum Gasteiger partial charge on any atom is 0.195 e. The predicted octanol–water partition coefficient (Wildman–Crippen LogP) is 3.70. The number of aliphatic imine (C=N–C) groups is 1. The molecule has 0 unspecified atom stereocenters. The summed E-state index contributed by atoms with van der Waals surface area (Å²) < 4.78 is 21.8. The number of guanidine groups is 1. The molecule has 1 aromatic carbocycles. The molecule has 0 amide bonds. The molecule has 0 bridgehead atoms. The van der Waals surface area contributed by atoms with E-state index in [1.807, 2.05) is 38.1 Å². The topological polar surface area (TPSA) is 73.3 Å². The normalized spacial score (nSPS) is 11.7. The zero-order valence-corrected chi connectivity index (χ0v) is 18.5. The molecule has 0 saturated heterocycles. The second-order valence-corrected chi connectivity index (χ2v) is 6.90. The van der Waals surface area contributed by atoms with Gasteiger partial charge in [-0.25, -0.2) is 0 Å². The molecule has 0 fully saturated rings. The number of ether oxygens (including phenoxy) is 4. The molecule has 7 nitrogen and oxygen atoms in total. The van der Waals surface area contributed by atoms with E-state index in [0.29, 0.717) is 39.5 Å². The first-order chi connectivity index (χ1) is 14.2. The summed E-state index contributed by atoms with van der Waals surface area (Å²) in [6, 6.07) is 7.88. The zero-order valence-electron chi connectivity index (χ0n) is 18.5. The van der Waals surface area contributed by atoms with Crippen LogP contribution in [0.3, 0.4) is 0 Å². The molecule has 0 aliphatic heterocycles. The first-order valence-corrected chi connectivity index (χ1v) is 10.6. The standard InChI is InChI=1S/C22H39N3O4/c1-5-6-14-27-16-13-24-22(23-12-7-15-28-18-17-26-4)25-20-8-10-21(11-9-20)29-19(2)3/h8-11,19H,5-7,12-18H2,1-4H3,(H2,23,24,25). The van der Waals surface area contributed by atoms with Gasteiger partial charge >= 0.3 is 0 Å². The summed E-state index contributed by atoms with van der Waals surface area (Å²) >= 11 is 0. The van der Waals surface area contributed by atoms with Crippen LogP contribution in [0.15, 0.2) is 29.3 Å². The van der Waals surface area contributed by atoms with Crippen molar-refractivity contribution in [2.45, 2.75) is 46.1 Å². The summed E-state index contributed by atoms with van der Waals surface area (Å²) in [6.07, 6.45) is 3.24. The van der Waals surface area contributed by atoms with Crippen molar-refractivity contribution in [2.75, 3.05) is 58.6 Å². The van der Waals surface area contributed by atoms with Crippen LogP contribution in [0.2, 0.25) is 0 Å². The molecular formula is C22H39N3O4. The third-order valence-electron chi connectivity index (χ3n) is 3.82. The number of nitrogens with one attached hydrogen (secondary N) is 2. The molecule has 0 atom stereocenters. The Morgan fingerprint density at radius 1 is 0.966 bits per heavy atom. The molecule has 0 aliphatic rings. The van der Waals surface area contributed by atoms with Crippen molar-refractivity contribution in [3.8, 4) is 5.75 Å². The van der Waals surface area contributed by atoms with E-state index in [-0.39, 0.29) is 6.10 Å². The minimum absolute atomic E-state index is 0.159. The second kappa shape index (κ2) is 17.1. The highest BCUT2D eigenvalue weighted by Crippen LogP contribution is 2.16. The lowest BCUT2D eigenvalue weighted by Gasteiger charge is -2.14. The molecule has 2 N–H and O–H groups in total. The van der Waals surface area contributed by atoms with Crippen molar-refractivity contribution in [1.82, 2.24) is 5.32 Å². The smallest absolute Gasteiger partial charge is 0.195 e. The maximum atomic E-state index is 5.69. The highest BCUT2D eigenvalue weighted by Gasteiger charge is 2.02. The van der Waals surface area contributed by atoms with Crippen LogP contribution in [0, 0.1) is 0 Å². The van der Waals surface area contributed by atoms with Crippen molar-refractivity contribution in [2.24, 2.45) is 4.99 Å². The Morgan fingerprint density at radius 3 is 2.38 bits per heavy atom. The van der Waals surface area contributed by atoms with Gasteiger partial charge in [0.05, 0.1) is 25.9 Å². The Morgan fingerprint density at radius 2 is 1.69 bits per heavy atom. The van der Waals surface area contributed by atoms with Crippen LogP contribution in [-0.2, 0) is 14.2 Å². The Balaban J connectivity index is 2.48. The molecule has 0 heterocycles. The fraction of sp³-hybridized carbons (Fsp3) is 0.682. The van der Waals surface area contributed by atoms with Crippen LogP contribution in [-0.4, -0.2) is 65.3 Å². The molecule has 0 aromatic heterocycles. The summed E-state index contributed by atoms with van der Waals surface area (Å²) in [5, 5.41) is 6.66. The number of nitrogens with zero attached hydrogens (tertiary/aromatic N) is 1. The molecule has 0 spiro atoms. The lowest BCUT2D eigenvalue weighted by molar-refractivity contribution is 0.0702. The predicted molar refractivity (Wildman–Crippen MR) is 119 cm³/mol. The third-order valence-corrected chi connectivity index (χ3v) is 3.82. The summed E-state index contributed by atoms with van der Waals surface area (Å²) in [5.74, 6) is 1.59. The fourth-order valence-corrected chi connectivity index (χ4v) is 2.36. The van der Waals surface area contributed by atoms with Gasteiger partial charge in [0.1, 0.15) is 5.75 Å². The van der Waals surface area contributed by atoms with Gasteiger partial charge < -0.3 is 29.6 Å². The van der Waals surface area contributed by atoms with E-state index >= 15 is 0 Å². The van der Waals surface area contributed by atoms with Crippen LogP contribution in [0.25, 0.3) is 0 Å². The lowest BCUT2D eigenvalue weighted by Crippen LogP contribution is -2.33. The van der Waals surface area contributed by atoms with E-state index in [1.54, 1.807) is 7.11 Å². The molecule has 0 radical (unpaired) electrons. The third kappa shape index (κ3) is 13.9. The fourth-order valence-electron chi connectivity index (χ4n) is 2.36. The van der Waals surface area contributed by atoms with E-state index in [4.69, 9.17) is 18.9 Å². The van der Waals surface area contributed by atoms with Crippen LogP contribution in [0.1, 0.15) is 40.0 Å². The summed E-state index contributed by atoms with van der Waals surface area (Å²) in [7, 11) is 1.67. The van der Waals surface area contributed by atoms with E-state index in [0.717, 1.165) is 43.3 Å². The van der Waals surface area contributed by atoms with Crippen LogP contribution >= 0.6 is 0 Å². The molecular weight excluding hydrogens is 370 g/mol. The van der Waals surface area contributed by atoms with Gasteiger partial charge in [0.2, 0.25) is 0 Å². The van der Waals surface area contributed by atoms with Gasteiger partial charge in [-0.05, 0) is 51.0 Å². The van der Waals surface area contributed by atoms with Gasteiger partial charge in [0.25, 0.3) is 0 Å². The van der Waals surface area contributed by atoms with Crippen LogP contribution in [0.5, 0.6) is 5.75 Å². The minimum Gasteiger partial charge on any atom is -0.491 e. The Bertz CT molecular complexity index is 535. The molecule has 0 aliphatic carbocycles. The molecule has 0 saturated carbocycles. The number of hydrogen-bond donors (Lipinski definition) is 2. The summed E-state index contributed by atoms with van der Waals surface area (Å²) in [5.41, 5.74) is 0.954. The molecule has 166 valence electrons. The Hall–Kier alpha value is -1.83. The van der Waals surface area contributed by atoms with Crippen molar-refractivity contribution < 1.29 is 18.9 Å². The van der Waals surface area contributed by atoms with Crippen LogP contribution in [0.4, 0.5) is 5.69 Å². The number of unbranched alkanes of at least 4 members (excludes halogenated alkanes) is 1. The second-order valence-electron chi connectivity index (χ2n) is 6.90. The minimum atomic E-state index is 0.159. The first kappa shape index (κ1) is 25.2. The number of anilines is 1. The molecule has 1 aromatic rings. The van der Waals surface area contributed by atoms with Crippen molar-refractivity contribution in [3.05, 3.63) is 24.3 Å². The average molecular weight is 410 g/mol. The summed E-state index contributed by atoms with van der Waals surface area (Å²) in [6.45, 7) is 10.9. The van der Waals surface area contributed by atoms with E-state index in [9.17, 15) is 0 Å². The van der Waals surface area contributed by atoms with E-state index in [2.05, 4.69) is 22.5 Å². The maximum absolute atomic E-state index is 5.69. The molecule has 7 heteroatoms. The van der Waals surface area contributed by atoms with Gasteiger partial charge in [-0.15, -0.1) is 0 Å². The van der Waals surface area contributed by atoms with E-state index < -0.39 is 0 Å². The van der Waals surface area contributed by atoms with Crippen molar-refractivity contribution >= 4 is 11.6 Å². The highest BCUT2D eigenvalue weighted by atomic mass is 16.5. The van der Waals surface area contributed by atoms with E-state index in [1.165, 1.54) is 0 Å². The van der Waals surface area contributed by atoms with Gasteiger partial charge in [-0.3, -0.25) is 4.99 Å².